The van der Waals surface area contributed by atoms with E-state index in [4.69, 9.17) is 17.3 Å². The van der Waals surface area contributed by atoms with Crippen LogP contribution in [0.5, 0.6) is 0 Å². The third-order valence-corrected chi connectivity index (χ3v) is 5.03. The maximum Gasteiger partial charge on any atom is 0.436 e. The van der Waals surface area contributed by atoms with Crippen LogP contribution >= 0.6 is 11.6 Å². The van der Waals surface area contributed by atoms with Crippen molar-refractivity contribution in [2.24, 2.45) is 0 Å². The van der Waals surface area contributed by atoms with Crippen molar-refractivity contribution in [1.82, 2.24) is 14.7 Å². The minimum absolute atomic E-state index is 0.123. The Bertz CT molecular complexity index is 826. The lowest BCUT2D eigenvalue weighted by atomic mass is 10.2. The van der Waals surface area contributed by atoms with Crippen molar-refractivity contribution >= 4 is 28.9 Å². The van der Waals surface area contributed by atoms with Crippen LogP contribution in [0.3, 0.4) is 0 Å². The van der Waals surface area contributed by atoms with Crippen molar-refractivity contribution < 1.29 is 18.0 Å². The van der Waals surface area contributed by atoms with Crippen molar-refractivity contribution in [3.8, 4) is 0 Å². The number of benzene rings is 1. The van der Waals surface area contributed by atoms with Gasteiger partial charge >= 0.3 is 6.18 Å². The molecule has 27 heavy (non-hydrogen) atoms. The smallest absolute Gasteiger partial charge is 0.399 e. The van der Waals surface area contributed by atoms with E-state index >= 15 is 0 Å². The van der Waals surface area contributed by atoms with Gasteiger partial charge in [-0.05, 0) is 31.2 Å². The van der Waals surface area contributed by atoms with E-state index in [0.29, 0.717) is 31.9 Å². The van der Waals surface area contributed by atoms with Crippen LogP contribution in [0, 0.1) is 6.92 Å². The van der Waals surface area contributed by atoms with Crippen LogP contribution in [0.2, 0.25) is 5.02 Å². The average molecular weight is 402 g/mol. The number of hydrogen-bond donors (Lipinski definition) is 1. The first-order valence-electron chi connectivity index (χ1n) is 8.35. The summed E-state index contributed by atoms with van der Waals surface area (Å²) in [6.07, 6.45) is -4.65. The summed E-state index contributed by atoms with van der Waals surface area (Å²) in [6, 6.07) is 7.46. The van der Waals surface area contributed by atoms with Gasteiger partial charge in [-0.2, -0.15) is 18.3 Å². The minimum atomic E-state index is -4.65. The number of nitrogen functional groups attached to an aromatic ring is 1. The van der Waals surface area contributed by atoms with Gasteiger partial charge in [-0.15, -0.1) is 0 Å². The van der Waals surface area contributed by atoms with E-state index in [0.717, 1.165) is 10.4 Å². The van der Waals surface area contributed by atoms with Gasteiger partial charge in [0.05, 0.1) is 10.7 Å². The summed E-state index contributed by atoms with van der Waals surface area (Å²) in [5.41, 5.74) is 6.34. The number of nitrogens with zero attached hydrogens (tertiary/aromatic N) is 4. The normalized spacial score (nSPS) is 15.3. The van der Waals surface area contributed by atoms with Crippen molar-refractivity contribution in [1.29, 1.82) is 0 Å². The number of halogens is 4. The lowest BCUT2D eigenvalue weighted by molar-refractivity contribution is -0.142. The van der Waals surface area contributed by atoms with Crippen LogP contribution in [-0.2, 0) is 17.5 Å². The molecule has 2 heterocycles. The third-order valence-electron chi connectivity index (χ3n) is 4.58. The molecule has 0 saturated carbocycles. The Kier molecular flexibility index (Phi) is 5.23. The maximum absolute atomic E-state index is 12.9. The van der Waals surface area contributed by atoms with Gasteiger partial charge in [0, 0.05) is 37.6 Å². The number of nitrogens with two attached hydrogens (primary N) is 1. The number of hydrogen-bond acceptors (Lipinski definition) is 4. The lowest BCUT2D eigenvalue weighted by Gasteiger charge is -2.36. The summed E-state index contributed by atoms with van der Waals surface area (Å²) in [5.74, 6) is -0.289. The second-order valence-corrected chi connectivity index (χ2v) is 6.74. The molecule has 2 aromatic rings. The molecule has 0 atom stereocenters. The quantitative estimate of drug-likeness (QED) is 0.803. The van der Waals surface area contributed by atoms with Crippen molar-refractivity contribution in [3.05, 3.63) is 40.7 Å². The van der Waals surface area contributed by atoms with Crippen LogP contribution in [0.25, 0.3) is 0 Å². The number of amides is 1. The third kappa shape index (κ3) is 4.13. The Morgan fingerprint density at radius 3 is 2.30 bits per heavy atom. The van der Waals surface area contributed by atoms with Crippen LogP contribution in [0.15, 0.2) is 24.3 Å². The molecule has 6 nitrogen and oxygen atoms in total. The van der Waals surface area contributed by atoms with E-state index in [2.05, 4.69) is 10.00 Å². The highest BCUT2D eigenvalue weighted by Gasteiger charge is 2.38. The molecule has 0 aliphatic carbocycles. The molecule has 2 N–H and O–H groups in total. The molecule has 1 fully saturated rings. The van der Waals surface area contributed by atoms with Gasteiger partial charge in [0.25, 0.3) is 0 Å². The molecule has 0 unspecified atom stereocenters. The molecule has 0 spiro atoms. The molecule has 146 valence electrons. The Morgan fingerprint density at radius 2 is 1.78 bits per heavy atom. The maximum atomic E-state index is 12.9. The Balaban J connectivity index is 1.63. The van der Waals surface area contributed by atoms with Gasteiger partial charge in [-0.25, -0.2) is 0 Å². The van der Waals surface area contributed by atoms with Crippen molar-refractivity contribution in [2.75, 3.05) is 36.8 Å². The topological polar surface area (TPSA) is 67.4 Å². The van der Waals surface area contributed by atoms with Crippen molar-refractivity contribution in [3.63, 3.8) is 0 Å². The number of carbonyl (C=O) groups excluding carboxylic acids is 1. The first-order valence-corrected chi connectivity index (χ1v) is 8.73. The molecule has 0 radical (unpaired) electrons. The molecule has 1 aliphatic rings. The second-order valence-electron chi connectivity index (χ2n) is 6.36. The zero-order chi connectivity index (χ0) is 19.8. The van der Waals surface area contributed by atoms with Crippen LogP contribution in [-0.4, -0.2) is 46.8 Å². The summed E-state index contributed by atoms with van der Waals surface area (Å²) in [5, 5.41) is 3.01. The zero-order valence-corrected chi connectivity index (χ0v) is 15.4. The van der Waals surface area contributed by atoms with Crippen molar-refractivity contribution in [2.45, 2.75) is 19.6 Å². The van der Waals surface area contributed by atoms with Gasteiger partial charge < -0.3 is 15.5 Å². The SMILES string of the molecule is Cc1c(Cl)c(C(F)(F)F)nn1CC(=O)N1CCN(c2ccc(N)cc2)CC1. The fourth-order valence-corrected chi connectivity index (χ4v) is 3.23. The largest absolute Gasteiger partial charge is 0.436 e. The minimum Gasteiger partial charge on any atom is -0.399 e. The Morgan fingerprint density at radius 1 is 1.19 bits per heavy atom. The highest BCUT2D eigenvalue weighted by atomic mass is 35.5. The molecule has 1 amide bonds. The molecule has 1 aromatic carbocycles. The number of rotatable bonds is 3. The van der Waals surface area contributed by atoms with E-state index in [9.17, 15) is 18.0 Å². The fraction of sp³-hybridized carbons (Fsp3) is 0.412. The van der Waals surface area contributed by atoms with E-state index < -0.39 is 16.9 Å². The average Bonchev–Trinajstić information content (AvgIpc) is 2.91. The van der Waals surface area contributed by atoms with Crippen LogP contribution in [0.4, 0.5) is 24.5 Å². The summed E-state index contributed by atoms with van der Waals surface area (Å²) in [6.45, 7) is 3.35. The molecular weight excluding hydrogens is 383 g/mol. The van der Waals surface area contributed by atoms with Crippen LogP contribution in [0.1, 0.15) is 11.4 Å². The number of alkyl halides is 3. The highest BCUT2D eigenvalue weighted by molar-refractivity contribution is 6.32. The second kappa shape index (κ2) is 7.30. The fourth-order valence-electron chi connectivity index (χ4n) is 2.99. The van der Waals surface area contributed by atoms with Gasteiger partial charge in [-0.3, -0.25) is 9.48 Å². The van der Waals surface area contributed by atoms with E-state index in [1.807, 2.05) is 24.3 Å². The summed E-state index contributed by atoms with van der Waals surface area (Å²) < 4.78 is 39.7. The van der Waals surface area contributed by atoms with E-state index in [1.165, 1.54) is 6.92 Å². The van der Waals surface area contributed by atoms with Gasteiger partial charge in [0.2, 0.25) is 5.91 Å². The monoisotopic (exact) mass is 401 g/mol. The summed E-state index contributed by atoms with van der Waals surface area (Å²) >= 11 is 5.72. The van der Waals surface area contributed by atoms with E-state index in [1.54, 1.807) is 4.90 Å². The van der Waals surface area contributed by atoms with Gasteiger partial charge in [0.1, 0.15) is 6.54 Å². The number of carbonyl (C=O) groups is 1. The predicted molar refractivity (Wildman–Crippen MR) is 96.6 cm³/mol. The first kappa shape index (κ1) is 19.3. The van der Waals surface area contributed by atoms with Gasteiger partial charge in [-0.1, -0.05) is 11.6 Å². The molecule has 1 aliphatic heterocycles. The molecule has 0 bridgehead atoms. The molecule has 1 aromatic heterocycles. The summed E-state index contributed by atoms with van der Waals surface area (Å²) in [4.78, 5) is 16.2. The van der Waals surface area contributed by atoms with Crippen LogP contribution < -0.4 is 10.6 Å². The lowest BCUT2D eigenvalue weighted by Crippen LogP contribution is -2.49. The predicted octanol–water partition coefficient (Wildman–Crippen LogP) is 2.79. The van der Waals surface area contributed by atoms with E-state index in [-0.39, 0.29) is 18.1 Å². The number of aromatic nitrogens is 2. The highest BCUT2D eigenvalue weighted by Crippen LogP contribution is 2.35. The summed E-state index contributed by atoms with van der Waals surface area (Å²) in [7, 11) is 0. The molecule has 10 heteroatoms. The standard InChI is InChI=1S/C17H19ClF3N5O/c1-11-15(18)16(17(19,20)21)23-26(11)10-14(27)25-8-6-24(7-9-25)13-4-2-12(22)3-5-13/h2-5H,6-10,22H2,1H3. The number of anilines is 2. The zero-order valence-electron chi connectivity index (χ0n) is 14.6. The first-order chi connectivity index (χ1) is 12.7. The molecule has 1 saturated heterocycles. The molecule has 3 rings (SSSR count). The Hall–Kier alpha value is -2.42. The molecular formula is C17H19ClF3N5O. The Labute approximate surface area is 159 Å². The number of piperazine rings is 1. The van der Waals surface area contributed by atoms with Gasteiger partial charge in [0.15, 0.2) is 5.69 Å².